The van der Waals surface area contributed by atoms with E-state index in [0.29, 0.717) is 10.8 Å². The number of ether oxygens (including phenoxy) is 1. The summed E-state index contributed by atoms with van der Waals surface area (Å²) >= 11 is 1.18. The Bertz CT molecular complexity index is 1070. The van der Waals surface area contributed by atoms with Crippen LogP contribution in [0.2, 0.25) is 0 Å². The van der Waals surface area contributed by atoms with Crippen molar-refractivity contribution in [3.63, 3.8) is 0 Å². The average Bonchev–Trinajstić information content (AvgIpc) is 3.13. The normalized spacial score (nSPS) is 11.1. The first-order valence-corrected chi connectivity index (χ1v) is 9.39. The Morgan fingerprint density at radius 1 is 1.20 bits per heavy atom. The van der Waals surface area contributed by atoms with Crippen LogP contribution in [0.25, 0.3) is 0 Å². The molecule has 0 aliphatic carbocycles. The molecule has 0 fully saturated rings. The minimum atomic E-state index is -4.49. The lowest BCUT2D eigenvalue weighted by Crippen LogP contribution is -2.10. The molecule has 3 rings (SSSR count). The maximum absolute atomic E-state index is 12.9. The van der Waals surface area contributed by atoms with Gasteiger partial charge in [0.15, 0.2) is 5.13 Å². The molecule has 3 aromatic rings. The molecule has 0 atom stereocenters. The number of nitrogens with one attached hydrogen (secondary N) is 2. The molecule has 0 bridgehead atoms. The average molecular weight is 436 g/mol. The number of thiazole rings is 1. The second kappa shape index (κ2) is 8.91. The fraction of sp³-hybridized carbons (Fsp3) is 0.158. The van der Waals surface area contributed by atoms with Gasteiger partial charge in [-0.3, -0.25) is 4.79 Å². The number of benzene rings is 1. The van der Waals surface area contributed by atoms with E-state index < -0.39 is 17.7 Å². The largest absolute Gasteiger partial charge is 0.455 e. The molecule has 1 aromatic carbocycles. The first-order chi connectivity index (χ1) is 14.2. The van der Waals surface area contributed by atoms with Gasteiger partial charge < -0.3 is 15.4 Å². The van der Waals surface area contributed by atoms with Crippen molar-refractivity contribution in [2.24, 2.45) is 0 Å². The molecule has 30 heavy (non-hydrogen) atoms. The van der Waals surface area contributed by atoms with Crippen molar-refractivity contribution >= 4 is 39.9 Å². The molecule has 0 saturated carbocycles. The zero-order chi connectivity index (χ0) is 21.7. The van der Waals surface area contributed by atoms with E-state index in [4.69, 9.17) is 4.74 Å². The number of carbonyl (C=O) groups is 2. The predicted molar refractivity (Wildman–Crippen MR) is 105 cm³/mol. The molecule has 2 heterocycles. The molecule has 11 heteroatoms. The van der Waals surface area contributed by atoms with Gasteiger partial charge in [-0.15, -0.1) is 11.3 Å². The highest BCUT2D eigenvalue weighted by Gasteiger charge is 2.30. The predicted octanol–water partition coefficient (Wildman–Crippen LogP) is 4.62. The second-order valence-corrected chi connectivity index (χ2v) is 6.86. The topological polar surface area (TPSA) is 93.2 Å². The Labute approximate surface area is 172 Å². The SMILES string of the molecule is CC(=O)Nc1nc(COC(=O)c2cccnc2Nc2cccc(C(F)(F)F)c2)cs1. The van der Waals surface area contributed by atoms with Crippen LogP contribution in [0.1, 0.15) is 28.5 Å². The van der Waals surface area contributed by atoms with Gasteiger partial charge in [-0.05, 0) is 30.3 Å². The van der Waals surface area contributed by atoms with Crippen LogP contribution in [0, 0.1) is 0 Å². The zero-order valence-electron chi connectivity index (χ0n) is 15.5. The number of halogens is 3. The minimum absolute atomic E-state index is 0.0484. The van der Waals surface area contributed by atoms with Crippen LogP contribution in [0.3, 0.4) is 0 Å². The summed E-state index contributed by atoms with van der Waals surface area (Å²) in [7, 11) is 0. The summed E-state index contributed by atoms with van der Waals surface area (Å²) in [6.07, 6.45) is -3.10. The summed E-state index contributed by atoms with van der Waals surface area (Å²) in [5.74, 6) is -0.945. The smallest absolute Gasteiger partial charge is 0.416 e. The molecule has 1 amide bonds. The number of esters is 1. The van der Waals surface area contributed by atoms with E-state index >= 15 is 0 Å². The number of amides is 1. The van der Waals surface area contributed by atoms with E-state index in [1.807, 2.05) is 0 Å². The summed E-state index contributed by atoms with van der Waals surface area (Å²) in [6, 6.07) is 7.49. The fourth-order valence-electron chi connectivity index (χ4n) is 2.38. The van der Waals surface area contributed by atoms with Gasteiger partial charge >= 0.3 is 12.1 Å². The summed E-state index contributed by atoms with van der Waals surface area (Å²) in [4.78, 5) is 31.6. The van der Waals surface area contributed by atoms with Crippen molar-refractivity contribution in [2.45, 2.75) is 19.7 Å². The number of pyridine rings is 1. The Morgan fingerprint density at radius 2 is 2.00 bits per heavy atom. The monoisotopic (exact) mass is 436 g/mol. The van der Waals surface area contributed by atoms with Crippen LogP contribution in [-0.4, -0.2) is 21.8 Å². The Balaban J connectivity index is 1.71. The van der Waals surface area contributed by atoms with Gasteiger partial charge in [-0.2, -0.15) is 13.2 Å². The van der Waals surface area contributed by atoms with Crippen molar-refractivity contribution < 1.29 is 27.5 Å². The van der Waals surface area contributed by atoms with E-state index in [2.05, 4.69) is 20.6 Å². The third-order valence-corrected chi connectivity index (χ3v) is 4.47. The molecule has 0 unspecified atom stereocenters. The Hall–Kier alpha value is -3.47. The third kappa shape index (κ3) is 5.54. The highest BCUT2D eigenvalue weighted by atomic mass is 32.1. The fourth-order valence-corrected chi connectivity index (χ4v) is 3.12. The lowest BCUT2D eigenvalue weighted by molar-refractivity contribution is -0.137. The van der Waals surface area contributed by atoms with Gasteiger partial charge in [0, 0.05) is 24.2 Å². The lowest BCUT2D eigenvalue weighted by atomic mass is 10.2. The number of hydrogen-bond donors (Lipinski definition) is 2. The van der Waals surface area contributed by atoms with Gasteiger partial charge in [-0.1, -0.05) is 6.07 Å². The van der Waals surface area contributed by atoms with Crippen LogP contribution in [-0.2, 0) is 22.3 Å². The van der Waals surface area contributed by atoms with Crippen LogP contribution in [0.5, 0.6) is 0 Å². The van der Waals surface area contributed by atoms with Gasteiger partial charge in [0.05, 0.1) is 11.3 Å². The molecule has 156 valence electrons. The molecular formula is C19H15F3N4O3S. The van der Waals surface area contributed by atoms with E-state index in [1.165, 1.54) is 48.7 Å². The standard InChI is InChI=1S/C19H15F3N4O3S/c1-11(27)24-18-26-14(10-30-18)9-29-17(28)15-6-3-7-23-16(15)25-13-5-2-4-12(8-13)19(20,21)22/h2-8,10H,9H2,1H3,(H,23,25)(H,24,26,27). The molecule has 2 N–H and O–H groups in total. The maximum atomic E-state index is 12.9. The minimum Gasteiger partial charge on any atom is -0.455 e. The van der Waals surface area contributed by atoms with Crippen LogP contribution >= 0.6 is 11.3 Å². The summed E-state index contributed by atoms with van der Waals surface area (Å²) in [5.41, 5.74) is -0.219. The summed E-state index contributed by atoms with van der Waals surface area (Å²) in [6.45, 7) is 1.20. The van der Waals surface area contributed by atoms with Crippen molar-refractivity contribution in [3.05, 3.63) is 64.8 Å². The van der Waals surface area contributed by atoms with Crippen molar-refractivity contribution in [1.29, 1.82) is 0 Å². The summed E-state index contributed by atoms with van der Waals surface area (Å²) in [5, 5.41) is 7.25. The van der Waals surface area contributed by atoms with Gasteiger partial charge in [0.25, 0.3) is 0 Å². The van der Waals surface area contributed by atoms with E-state index in [9.17, 15) is 22.8 Å². The molecule has 0 aliphatic heterocycles. The maximum Gasteiger partial charge on any atom is 0.416 e. The van der Waals surface area contributed by atoms with Gasteiger partial charge in [0.2, 0.25) is 5.91 Å². The van der Waals surface area contributed by atoms with E-state index in [0.717, 1.165) is 12.1 Å². The van der Waals surface area contributed by atoms with Crippen LogP contribution in [0.15, 0.2) is 48.0 Å². The van der Waals surface area contributed by atoms with Gasteiger partial charge in [-0.25, -0.2) is 14.8 Å². The first-order valence-electron chi connectivity index (χ1n) is 8.51. The van der Waals surface area contributed by atoms with E-state index in [-0.39, 0.29) is 29.6 Å². The van der Waals surface area contributed by atoms with Crippen molar-refractivity contribution in [1.82, 2.24) is 9.97 Å². The van der Waals surface area contributed by atoms with Crippen molar-refractivity contribution in [2.75, 3.05) is 10.6 Å². The number of anilines is 3. The van der Waals surface area contributed by atoms with Gasteiger partial charge in [0.1, 0.15) is 18.0 Å². The second-order valence-electron chi connectivity index (χ2n) is 6.00. The molecular weight excluding hydrogens is 421 g/mol. The first kappa shape index (κ1) is 21.2. The quantitative estimate of drug-likeness (QED) is 0.548. The summed E-state index contributed by atoms with van der Waals surface area (Å²) < 4.78 is 43.9. The highest BCUT2D eigenvalue weighted by molar-refractivity contribution is 7.13. The number of aromatic nitrogens is 2. The van der Waals surface area contributed by atoms with Crippen LogP contribution in [0.4, 0.5) is 29.8 Å². The number of nitrogens with zero attached hydrogens (tertiary/aromatic N) is 2. The number of rotatable bonds is 6. The third-order valence-electron chi connectivity index (χ3n) is 3.67. The molecule has 2 aromatic heterocycles. The van der Waals surface area contributed by atoms with Crippen LogP contribution < -0.4 is 10.6 Å². The molecule has 0 saturated heterocycles. The zero-order valence-corrected chi connectivity index (χ0v) is 16.3. The Kier molecular flexibility index (Phi) is 6.31. The molecule has 0 radical (unpaired) electrons. The molecule has 0 aliphatic rings. The number of hydrogen-bond acceptors (Lipinski definition) is 7. The Morgan fingerprint density at radius 3 is 2.73 bits per heavy atom. The highest BCUT2D eigenvalue weighted by Crippen LogP contribution is 2.31. The lowest BCUT2D eigenvalue weighted by Gasteiger charge is -2.12. The number of carbonyl (C=O) groups excluding carboxylic acids is 2. The molecule has 7 nitrogen and oxygen atoms in total. The van der Waals surface area contributed by atoms with E-state index in [1.54, 1.807) is 5.38 Å². The molecule has 0 spiro atoms. The number of alkyl halides is 3. The van der Waals surface area contributed by atoms with Crippen molar-refractivity contribution in [3.8, 4) is 0 Å².